The summed E-state index contributed by atoms with van der Waals surface area (Å²) in [4.78, 5) is 27.8. The molecular formula is C19H25FN4O3S2. The molecule has 0 atom stereocenters. The van der Waals surface area contributed by atoms with Crippen molar-refractivity contribution in [1.29, 1.82) is 0 Å². The van der Waals surface area contributed by atoms with Crippen LogP contribution >= 0.6 is 23.1 Å². The minimum absolute atomic E-state index is 0.225. The Morgan fingerprint density at radius 2 is 2.07 bits per heavy atom. The van der Waals surface area contributed by atoms with Crippen molar-refractivity contribution in [2.45, 2.75) is 38.7 Å². The number of thiazole rings is 1. The third kappa shape index (κ3) is 9.62. The number of amides is 3. The molecule has 0 unspecified atom stereocenters. The quantitative estimate of drug-likeness (QED) is 0.531. The summed E-state index contributed by atoms with van der Waals surface area (Å²) < 4.78 is 18.3. The summed E-state index contributed by atoms with van der Waals surface area (Å²) in [5, 5.41) is 10.4. The van der Waals surface area contributed by atoms with Crippen LogP contribution in [0.25, 0.3) is 0 Å². The smallest absolute Gasteiger partial charge is 0.407 e. The van der Waals surface area contributed by atoms with Crippen molar-refractivity contribution >= 4 is 40.4 Å². The molecule has 0 aliphatic carbocycles. The van der Waals surface area contributed by atoms with Crippen LogP contribution in [0.4, 0.5) is 19.1 Å². The molecule has 0 radical (unpaired) electrons. The second-order valence-electron chi connectivity index (χ2n) is 7.06. The van der Waals surface area contributed by atoms with Crippen LogP contribution in [0.1, 0.15) is 32.0 Å². The van der Waals surface area contributed by atoms with Gasteiger partial charge in [-0.2, -0.15) is 11.8 Å². The maximum absolute atomic E-state index is 13.1. The number of anilines is 1. The van der Waals surface area contributed by atoms with E-state index < -0.39 is 17.7 Å². The first kappa shape index (κ1) is 23.0. The largest absolute Gasteiger partial charge is 0.444 e. The summed E-state index contributed by atoms with van der Waals surface area (Å²) in [6.07, 6.45) is -0.428. The van der Waals surface area contributed by atoms with Crippen molar-refractivity contribution in [1.82, 2.24) is 15.6 Å². The average Bonchev–Trinajstić information content (AvgIpc) is 3.05. The minimum atomic E-state index is -0.509. The van der Waals surface area contributed by atoms with Crippen LogP contribution in [-0.2, 0) is 17.0 Å². The standard InChI is InChI=1S/C19H25FN4O3S2/c1-19(2,3)27-18(26)21-7-8-28-11-15-12-29-17(23-15)24-16(25)22-10-13-5-4-6-14(20)9-13/h4-6,9,12H,7-8,10-11H2,1-3H3,(H,21,26)(H2,22,23,24,25). The number of hydrogen-bond donors (Lipinski definition) is 3. The van der Waals surface area contributed by atoms with E-state index in [2.05, 4.69) is 20.9 Å². The molecule has 0 saturated heterocycles. The Morgan fingerprint density at radius 3 is 2.79 bits per heavy atom. The fourth-order valence-electron chi connectivity index (χ4n) is 2.12. The summed E-state index contributed by atoms with van der Waals surface area (Å²) in [5.74, 6) is 1.04. The van der Waals surface area contributed by atoms with E-state index >= 15 is 0 Å². The monoisotopic (exact) mass is 440 g/mol. The molecule has 7 nitrogen and oxygen atoms in total. The number of aromatic nitrogens is 1. The van der Waals surface area contributed by atoms with Gasteiger partial charge >= 0.3 is 12.1 Å². The van der Waals surface area contributed by atoms with E-state index in [4.69, 9.17) is 4.74 Å². The van der Waals surface area contributed by atoms with Crippen LogP contribution < -0.4 is 16.0 Å². The molecule has 1 heterocycles. The van der Waals surface area contributed by atoms with E-state index in [-0.39, 0.29) is 12.4 Å². The number of nitrogens with zero attached hydrogens (tertiary/aromatic N) is 1. The fraction of sp³-hybridized carbons (Fsp3) is 0.421. The van der Waals surface area contributed by atoms with Crippen LogP contribution in [0.2, 0.25) is 0 Å². The highest BCUT2D eigenvalue weighted by Crippen LogP contribution is 2.19. The Kier molecular flexibility index (Phi) is 8.71. The number of benzene rings is 1. The van der Waals surface area contributed by atoms with E-state index in [1.165, 1.54) is 23.5 Å². The summed E-state index contributed by atoms with van der Waals surface area (Å²) in [6, 6.07) is 5.66. The number of carbonyl (C=O) groups is 2. The Balaban J connectivity index is 1.63. The molecule has 0 aliphatic heterocycles. The zero-order valence-corrected chi connectivity index (χ0v) is 18.2. The van der Waals surface area contributed by atoms with E-state index in [0.717, 1.165) is 5.69 Å². The van der Waals surface area contributed by atoms with Gasteiger partial charge in [-0.25, -0.2) is 19.0 Å². The van der Waals surface area contributed by atoms with Gasteiger partial charge in [-0.3, -0.25) is 5.32 Å². The first-order valence-corrected chi connectivity index (χ1v) is 11.0. The normalized spacial score (nSPS) is 11.0. The molecule has 1 aromatic heterocycles. The average molecular weight is 441 g/mol. The number of rotatable bonds is 8. The first-order valence-electron chi connectivity index (χ1n) is 8.99. The van der Waals surface area contributed by atoms with E-state index in [1.807, 2.05) is 26.2 Å². The topological polar surface area (TPSA) is 92.4 Å². The van der Waals surface area contributed by atoms with E-state index in [9.17, 15) is 14.0 Å². The maximum Gasteiger partial charge on any atom is 0.407 e. The van der Waals surface area contributed by atoms with Crippen molar-refractivity contribution < 1.29 is 18.7 Å². The molecule has 29 heavy (non-hydrogen) atoms. The second kappa shape index (κ2) is 11.0. The van der Waals surface area contributed by atoms with Crippen LogP contribution in [-0.4, -0.2) is 35.0 Å². The van der Waals surface area contributed by atoms with E-state index in [0.29, 0.717) is 28.7 Å². The van der Waals surface area contributed by atoms with Gasteiger partial charge in [0.05, 0.1) is 5.69 Å². The van der Waals surface area contributed by atoms with Crippen molar-refractivity contribution in [3.63, 3.8) is 0 Å². The van der Waals surface area contributed by atoms with Crippen molar-refractivity contribution in [2.24, 2.45) is 0 Å². The highest BCUT2D eigenvalue weighted by atomic mass is 32.2. The first-order chi connectivity index (χ1) is 13.7. The summed E-state index contributed by atoms with van der Waals surface area (Å²) in [6.45, 7) is 6.17. The lowest BCUT2D eigenvalue weighted by Gasteiger charge is -2.19. The minimum Gasteiger partial charge on any atom is -0.444 e. The van der Waals surface area contributed by atoms with Gasteiger partial charge in [-0.15, -0.1) is 11.3 Å². The summed E-state index contributed by atoms with van der Waals surface area (Å²) in [5.41, 5.74) is 1.01. The molecule has 2 rings (SSSR count). The van der Waals surface area contributed by atoms with Crippen LogP contribution in [0.3, 0.4) is 0 Å². The molecule has 158 valence electrons. The molecule has 0 spiro atoms. The molecule has 0 aliphatic rings. The lowest BCUT2D eigenvalue weighted by molar-refractivity contribution is 0.0531. The highest BCUT2D eigenvalue weighted by Gasteiger charge is 2.15. The van der Waals surface area contributed by atoms with Gasteiger partial charge in [-0.05, 0) is 38.5 Å². The molecule has 1 aromatic carbocycles. The van der Waals surface area contributed by atoms with Gasteiger partial charge in [0.1, 0.15) is 11.4 Å². The molecule has 0 fully saturated rings. The predicted molar refractivity (Wildman–Crippen MR) is 115 cm³/mol. The Morgan fingerprint density at radius 1 is 1.28 bits per heavy atom. The number of alkyl carbamates (subject to hydrolysis) is 1. The summed E-state index contributed by atoms with van der Waals surface area (Å²) >= 11 is 2.95. The van der Waals surface area contributed by atoms with Gasteiger partial charge in [0.2, 0.25) is 0 Å². The lowest BCUT2D eigenvalue weighted by Crippen LogP contribution is -2.33. The molecule has 0 bridgehead atoms. The zero-order valence-electron chi connectivity index (χ0n) is 16.6. The van der Waals surface area contributed by atoms with Gasteiger partial charge in [0.15, 0.2) is 5.13 Å². The number of ether oxygens (including phenoxy) is 1. The number of urea groups is 1. The fourth-order valence-corrected chi connectivity index (χ4v) is 3.68. The highest BCUT2D eigenvalue weighted by molar-refractivity contribution is 7.98. The Hall–Kier alpha value is -2.33. The lowest BCUT2D eigenvalue weighted by atomic mass is 10.2. The third-order valence-corrected chi connectivity index (χ3v) is 5.08. The number of halogens is 1. The predicted octanol–water partition coefficient (Wildman–Crippen LogP) is 4.36. The number of hydrogen-bond acceptors (Lipinski definition) is 6. The molecular weight excluding hydrogens is 415 g/mol. The zero-order chi connectivity index (χ0) is 21.3. The summed E-state index contributed by atoms with van der Waals surface area (Å²) in [7, 11) is 0. The molecule has 2 aromatic rings. The van der Waals surface area contributed by atoms with Crippen molar-refractivity contribution in [3.05, 3.63) is 46.7 Å². The Labute approximate surface area is 177 Å². The van der Waals surface area contributed by atoms with Crippen LogP contribution in [0.5, 0.6) is 0 Å². The third-order valence-electron chi connectivity index (χ3n) is 3.28. The molecule has 3 N–H and O–H groups in total. The molecule has 10 heteroatoms. The van der Waals surface area contributed by atoms with Crippen LogP contribution in [0, 0.1) is 5.82 Å². The molecule has 0 saturated carbocycles. The Bertz CT molecular complexity index is 824. The number of carbonyl (C=O) groups excluding carboxylic acids is 2. The van der Waals surface area contributed by atoms with Gasteiger partial charge in [0.25, 0.3) is 0 Å². The number of nitrogens with one attached hydrogen (secondary N) is 3. The van der Waals surface area contributed by atoms with E-state index in [1.54, 1.807) is 23.9 Å². The SMILES string of the molecule is CC(C)(C)OC(=O)NCCSCc1csc(NC(=O)NCc2cccc(F)c2)n1. The van der Waals surface area contributed by atoms with Gasteiger partial charge in [-0.1, -0.05) is 12.1 Å². The number of thioether (sulfide) groups is 1. The van der Waals surface area contributed by atoms with Crippen molar-refractivity contribution in [2.75, 3.05) is 17.6 Å². The second-order valence-corrected chi connectivity index (χ2v) is 9.03. The maximum atomic E-state index is 13.1. The van der Waals surface area contributed by atoms with Crippen molar-refractivity contribution in [3.8, 4) is 0 Å². The molecule has 3 amide bonds. The van der Waals surface area contributed by atoms with Gasteiger partial charge in [0, 0.05) is 30.0 Å². The van der Waals surface area contributed by atoms with Crippen LogP contribution in [0.15, 0.2) is 29.6 Å². The van der Waals surface area contributed by atoms with Gasteiger partial charge < -0.3 is 15.4 Å².